The maximum absolute atomic E-state index is 12.2. The summed E-state index contributed by atoms with van der Waals surface area (Å²) >= 11 is 5.83. The molecule has 2 aromatic rings. The molecule has 28 heavy (non-hydrogen) atoms. The van der Waals surface area contributed by atoms with Gasteiger partial charge >= 0.3 is 0 Å². The smallest absolute Gasteiger partial charge is 0.220 e. The van der Waals surface area contributed by atoms with Gasteiger partial charge in [-0.05, 0) is 62.4 Å². The maximum atomic E-state index is 12.2. The standard InChI is InChI=1S/C22H25ClN2O3/c1-15-2-13-22(24-14-15)28-19-9-7-18(8-10-19)25-21(27)12-11-20(26)16-3-5-17(23)6-4-16/h2-6,13-14,18-19H,7-12H2,1H3,(H,25,27). The Kier molecular flexibility index (Phi) is 7.04. The maximum Gasteiger partial charge on any atom is 0.220 e. The lowest BCUT2D eigenvalue weighted by Crippen LogP contribution is -2.39. The van der Waals surface area contributed by atoms with Crippen LogP contribution < -0.4 is 10.1 Å². The topological polar surface area (TPSA) is 68.3 Å². The van der Waals surface area contributed by atoms with Crippen LogP contribution in [-0.2, 0) is 4.79 Å². The Hall–Kier alpha value is -2.40. The summed E-state index contributed by atoms with van der Waals surface area (Å²) in [6.45, 7) is 1.99. The van der Waals surface area contributed by atoms with Crippen molar-refractivity contribution < 1.29 is 14.3 Å². The predicted octanol–water partition coefficient (Wildman–Crippen LogP) is 4.51. The molecule has 1 saturated carbocycles. The Morgan fingerprint density at radius 2 is 1.79 bits per heavy atom. The first-order valence-electron chi connectivity index (χ1n) is 9.67. The molecule has 1 N–H and O–H groups in total. The Bertz CT molecular complexity index is 798. The molecule has 3 rings (SSSR count). The SMILES string of the molecule is Cc1ccc(OC2CCC(NC(=O)CCC(=O)c3ccc(Cl)cc3)CC2)nc1. The van der Waals surface area contributed by atoms with E-state index in [0.717, 1.165) is 31.2 Å². The third-order valence-electron chi connectivity index (χ3n) is 4.96. The van der Waals surface area contributed by atoms with E-state index in [-0.39, 0.29) is 36.7 Å². The first kappa shape index (κ1) is 20.3. The van der Waals surface area contributed by atoms with Crippen LogP contribution in [0.25, 0.3) is 0 Å². The molecule has 5 nitrogen and oxygen atoms in total. The number of nitrogens with zero attached hydrogens (tertiary/aromatic N) is 1. The van der Waals surface area contributed by atoms with Gasteiger partial charge in [-0.3, -0.25) is 9.59 Å². The molecule has 1 aromatic heterocycles. The van der Waals surface area contributed by atoms with Gasteiger partial charge in [0.2, 0.25) is 11.8 Å². The number of halogens is 1. The second-order valence-electron chi connectivity index (χ2n) is 7.26. The molecule has 1 fully saturated rings. The van der Waals surface area contributed by atoms with Gasteiger partial charge in [0.25, 0.3) is 0 Å². The largest absolute Gasteiger partial charge is 0.474 e. The molecule has 1 aliphatic rings. The Balaban J connectivity index is 1.37. The second-order valence-corrected chi connectivity index (χ2v) is 7.70. The highest BCUT2D eigenvalue weighted by Gasteiger charge is 2.24. The third-order valence-corrected chi connectivity index (χ3v) is 5.21. The van der Waals surface area contributed by atoms with Crippen LogP contribution in [0.4, 0.5) is 0 Å². The van der Waals surface area contributed by atoms with Crippen LogP contribution >= 0.6 is 11.6 Å². The number of Topliss-reactive ketones (excluding diaryl/α,β-unsaturated/α-hetero) is 1. The van der Waals surface area contributed by atoms with Gasteiger partial charge in [-0.1, -0.05) is 17.7 Å². The van der Waals surface area contributed by atoms with Gasteiger partial charge in [0, 0.05) is 41.7 Å². The number of hydrogen-bond acceptors (Lipinski definition) is 4. The molecule has 0 spiro atoms. The fourth-order valence-corrected chi connectivity index (χ4v) is 3.45. The molecule has 1 amide bonds. The number of aryl methyl sites for hydroxylation is 1. The van der Waals surface area contributed by atoms with Gasteiger partial charge in [0.05, 0.1) is 0 Å². The molecular weight excluding hydrogens is 376 g/mol. The fraction of sp³-hybridized carbons (Fsp3) is 0.409. The quantitative estimate of drug-likeness (QED) is 0.694. The summed E-state index contributed by atoms with van der Waals surface area (Å²) < 4.78 is 5.92. The number of ether oxygens (including phenoxy) is 1. The van der Waals surface area contributed by atoms with Crippen molar-refractivity contribution in [2.75, 3.05) is 0 Å². The van der Waals surface area contributed by atoms with Crippen molar-refractivity contribution in [3.8, 4) is 5.88 Å². The number of amides is 1. The summed E-state index contributed by atoms with van der Waals surface area (Å²) in [7, 11) is 0. The van der Waals surface area contributed by atoms with Crippen LogP contribution in [0.2, 0.25) is 5.02 Å². The van der Waals surface area contributed by atoms with Crippen LogP contribution in [0.3, 0.4) is 0 Å². The lowest BCUT2D eigenvalue weighted by Gasteiger charge is -2.29. The van der Waals surface area contributed by atoms with Crippen LogP contribution in [0.15, 0.2) is 42.6 Å². The first-order valence-corrected chi connectivity index (χ1v) is 10.0. The number of carbonyl (C=O) groups excluding carboxylic acids is 2. The second kappa shape index (κ2) is 9.69. The average Bonchev–Trinajstić information content (AvgIpc) is 2.70. The molecular formula is C22H25ClN2O3. The number of hydrogen-bond donors (Lipinski definition) is 1. The lowest BCUT2D eigenvalue weighted by atomic mass is 9.92. The summed E-state index contributed by atoms with van der Waals surface area (Å²) in [5, 5.41) is 3.63. The van der Waals surface area contributed by atoms with Gasteiger partial charge in [0.15, 0.2) is 5.78 Å². The monoisotopic (exact) mass is 400 g/mol. The van der Waals surface area contributed by atoms with E-state index in [1.807, 2.05) is 19.1 Å². The normalized spacial score (nSPS) is 19.1. The number of benzene rings is 1. The molecule has 0 bridgehead atoms. The van der Waals surface area contributed by atoms with Crippen molar-refractivity contribution in [2.24, 2.45) is 0 Å². The van der Waals surface area contributed by atoms with Gasteiger partial charge in [-0.15, -0.1) is 0 Å². The molecule has 0 aliphatic heterocycles. The summed E-state index contributed by atoms with van der Waals surface area (Å²) in [4.78, 5) is 28.6. The van der Waals surface area contributed by atoms with Crippen molar-refractivity contribution in [2.45, 2.75) is 57.6 Å². The van der Waals surface area contributed by atoms with Crippen molar-refractivity contribution in [3.63, 3.8) is 0 Å². The zero-order chi connectivity index (χ0) is 19.9. The molecule has 0 saturated heterocycles. The minimum atomic E-state index is -0.0770. The van der Waals surface area contributed by atoms with Crippen LogP contribution in [0, 0.1) is 6.92 Å². The zero-order valence-electron chi connectivity index (χ0n) is 16.0. The predicted molar refractivity (Wildman–Crippen MR) is 109 cm³/mol. The number of nitrogens with one attached hydrogen (secondary N) is 1. The number of aromatic nitrogens is 1. The third kappa shape index (κ3) is 6.06. The average molecular weight is 401 g/mol. The highest BCUT2D eigenvalue weighted by Crippen LogP contribution is 2.23. The van der Waals surface area contributed by atoms with E-state index < -0.39 is 0 Å². The Morgan fingerprint density at radius 1 is 1.07 bits per heavy atom. The summed E-state index contributed by atoms with van der Waals surface area (Å²) in [6, 6.07) is 10.8. The molecule has 0 atom stereocenters. The van der Waals surface area contributed by atoms with Crippen molar-refractivity contribution in [1.82, 2.24) is 10.3 Å². The minimum absolute atomic E-state index is 0.0467. The van der Waals surface area contributed by atoms with Gasteiger partial charge in [-0.2, -0.15) is 0 Å². The molecule has 0 unspecified atom stereocenters. The zero-order valence-corrected chi connectivity index (χ0v) is 16.7. The van der Waals surface area contributed by atoms with Crippen molar-refractivity contribution in [1.29, 1.82) is 0 Å². The molecule has 6 heteroatoms. The van der Waals surface area contributed by atoms with E-state index in [4.69, 9.17) is 16.3 Å². The first-order chi connectivity index (χ1) is 13.5. The number of ketones is 1. The minimum Gasteiger partial charge on any atom is -0.474 e. The van der Waals surface area contributed by atoms with E-state index >= 15 is 0 Å². The molecule has 1 aromatic carbocycles. The van der Waals surface area contributed by atoms with Gasteiger partial charge < -0.3 is 10.1 Å². The number of rotatable bonds is 7. The van der Waals surface area contributed by atoms with E-state index in [9.17, 15) is 9.59 Å². The van der Waals surface area contributed by atoms with Crippen LogP contribution in [0.5, 0.6) is 5.88 Å². The Morgan fingerprint density at radius 3 is 2.43 bits per heavy atom. The van der Waals surface area contributed by atoms with Gasteiger partial charge in [0.1, 0.15) is 6.10 Å². The molecule has 148 valence electrons. The summed E-state index contributed by atoms with van der Waals surface area (Å²) in [6.07, 6.45) is 5.83. The number of carbonyl (C=O) groups is 2. The summed E-state index contributed by atoms with van der Waals surface area (Å²) in [5.74, 6) is 0.528. The van der Waals surface area contributed by atoms with Crippen LogP contribution in [-0.4, -0.2) is 28.8 Å². The van der Waals surface area contributed by atoms with E-state index in [0.29, 0.717) is 16.5 Å². The van der Waals surface area contributed by atoms with E-state index in [2.05, 4.69) is 10.3 Å². The molecule has 0 radical (unpaired) electrons. The van der Waals surface area contributed by atoms with E-state index in [1.54, 1.807) is 30.5 Å². The lowest BCUT2D eigenvalue weighted by molar-refractivity contribution is -0.122. The molecule has 1 heterocycles. The highest BCUT2D eigenvalue weighted by atomic mass is 35.5. The highest BCUT2D eigenvalue weighted by molar-refractivity contribution is 6.30. The van der Waals surface area contributed by atoms with Crippen molar-refractivity contribution >= 4 is 23.3 Å². The van der Waals surface area contributed by atoms with E-state index in [1.165, 1.54) is 0 Å². The van der Waals surface area contributed by atoms with Crippen LogP contribution in [0.1, 0.15) is 54.4 Å². The fourth-order valence-electron chi connectivity index (χ4n) is 3.33. The summed E-state index contributed by atoms with van der Waals surface area (Å²) in [5.41, 5.74) is 1.69. The van der Waals surface area contributed by atoms with Gasteiger partial charge in [-0.25, -0.2) is 4.98 Å². The Labute approximate surface area is 170 Å². The molecule has 1 aliphatic carbocycles. The number of pyridine rings is 1. The van der Waals surface area contributed by atoms with Crippen molar-refractivity contribution in [3.05, 3.63) is 58.7 Å².